The van der Waals surface area contributed by atoms with Gasteiger partial charge in [0, 0.05) is 15.4 Å². The van der Waals surface area contributed by atoms with Crippen molar-refractivity contribution in [3.8, 4) is 0 Å². The fourth-order valence-corrected chi connectivity index (χ4v) is 2.71. The third-order valence-electron chi connectivity index (χ3n) is 2.23. The lowest BCUT2D eigenvalue weighted by molar-refractivity contribution is 0.0691. The first kappa shape index (κ1) is 12.9. The summed E-state index contributed by atoms with van der Waals surface area (Å²) in [6, 6.07) is 4.66. The van der Waals surface area contributed by atoms with Crippen LogP contribution in [0.2, 0.25) is 0 Å². The summed E-state index contributed by atoms with van der Waals surface area (Å²) in [4.78, 5) is 13.5. The standard InChI is InChI=1S/C10H9BrN2O4S/c1-18(16,17)13-8-4-7-5(2-6(8)11)3-9(12-7)10(14)15/h2-4,12-13H,1H3,(H,14,15). The Balaban J connectivity index is 2.57. The van der Waals surface area contributed by atoms with E-state index in [9.17, 15) is 13.2 Å². The first-order valence-electron chi connectivity index (χ1n) is 4.79. The van der Waals surface area contributed by atoms with Gasteiger partial charge in [-0.25, -0.2) is 13.2 Å². The van der Waals surface area contributed by atoms with Gasteiger partial charge in [0.15, 0.2) is 0 Å². The quantitative estimate of drug-likeness (QED) is 0.800. The molecule has 0 atom stereocenters. The van der Waals surface area contributed by atoms with Crippen LogP contribution >= 0.6 is 15.9 Å². The molecule has 1 aromatic carbocycles. The number of halogens is 1. The third kappa shape index (κ3) is 2.65. The molecule has 18 heavy (non-hydrogen) atoms. The van der Waals surface area contributed by atoms with Gasteiger partial charge in [-0.05, 0) is 34.1 Å². The maximum Gasteiger partial charge on any atom is 0.352 e. The van der Waals surface area contributed by atoms with Crippen molar-refractivity contribution in [3.63, 3.8) is 0 Å². The molecule has 1 aromatic heterocycles. The van der Waals surface area contributed by atoms with Crippen LogP contribution in [0.3, 0.4) is 0 Å². The van der Waals surface area contributed by atoms with Crippen LogP contribution in [-0.4, -0.2) is 30.7 Å². The van der Waals surface area contributed by atoms with E-state index in [4.69, 9.17) is 5.11 Å². The first-order valence-corrected chi connectivity index (χ1v) is 7.48. The summed E-state index contributed by atoms with van der Waals surface area (Å²) in [6.45, 7) is 0. The molecule has 3 N–H and O–H groups in total. The van der Waals surface area contributed by atoms with Crippen LogP contribution in [0.4, 0.5) is 5.69 Å². The zero-order chi connectivity index (χ0) is 13.5. The summed E-state index contributed by atoms with van der Waals surface area (Å²) in [5.74, 6) is -1.07. The van der Waals surface area contributed by atoms with Gasteiger partial charge in [-0.15, -0.1) is 0 Å². The van der Waals surface area contributed by atoms with Crippen molar-refractivity contribution in [2.75, 3.05) is 11.0 Å². The van der Waals surface area contributed by atoms with Crippen molar-refractivity contribution >= 4 is 48.5 Å². The second-order valence-corrected chi connectivity index (χ2v) is 6.38. The predicted molar refractivity (Wildman–Crippen MR) is 71.4 cm³/mol. The van der Waals surface area contributed by atoms with E-state index in [1.807, 2.05) is 0 Å². The summed E-state index contributed by atoms with van der Waals surface area (Å²) in [6.07, 6.45) is 1.04. The van der Waals surface area contributed by atoms with Gasteiger partial charge in [-0.1, -0.05) is 0 Å². The Morgan fingerprint density at radius 3 is 2.61 bits per heavy atom. The van der Waals surface area contributed by atoms with Crippen LogP contribution < -0.4 is 4.72 Å². The number of sulfonamides is 1. The number of carboxylic acid groups (broad SMARTS) is 1. The number of fused-ring (bicyclic) bond motifs is 1. The van der Waals surface area contributed by atoms with E-state index in [-0.39, 0.29) is 5.69 Å². The van der Waals surface area contributed by atoms with Gasteiger partial charge in [0.05, 0.1) is 11.9 Å². The Bertz CT molecular complexity index is 736. The van der Waals surface area contributed by atoms with Crippen LogP contribution in [0, 0.1) is 0 Å². The van der Waals surface area contributed by atoms with Gasteiger partial charge in [0.2, 0.25) is 10.0 Å². The van der Waals surface area contributed by atoms with E-state index in [1.165, 1.54) is 12.1 Å². The molecule has 0 saturated carbocycles. The predicted octanol–water partition coefficient (Wildman–Crippen LogP) is 2.00. The van der Waals surface area contributed by atoms with E-state index >= 15 is 0 Å². The minimum Gasteiger partial charge on any atom is -0.477 e. The third-order valence-corrected chi connectivity index (χ3v) is 3.48. The number of benzene rings is 1. The SMILES string of the molecule is CS(=O)(=O)Nc1cc2[nH]c(C(=O)O)cc2cc1Br. The summed E-state index contributed by atoms with van der Waals surface area (Å²) in [7, 11) is -3.39. The molecule has 2 aromatic rings. The van der Waals surface area contributed by atoms with Crippen molar-refractivity contribution in [3.05, 3.63) is 28.4 Å². The topological polar surface area (TPSA) is 99.3 Å². The monoisotopic (exact) mass is 332 g/mol. The Labute approximate surface area is 111 Å². The number of rotatable bonds is 3. The minimum absolute atomic E-state index is 0.0494. The van der Waals surface area contributed by atoms with E-state index in [1.54, 1.807) is 6.07 Å². The van der Waals surface area contributed by atoms with E-state index < -0.39 is 16.0 Å². The van der Waals surface area contributed by atoms with Crippen molar-refractivity contribution in [2.45, 2.75) is 0 Å². The van der Waals surface area contributed by atoms with Gasteiger partial charge < -0.3 is 10.1 Å². The number of aromatic nitrogens is 1. The number of H-pyrrole nitrogens is 1. The molecule has 96 valence electrons. The highest BCUT2D eigenvalue weighted by Crippen LogP contribution is 2.29. The number of aromatic carboxylic acids is 1. The van der Waals surface area contributed by atoms with Crippen molar-refractivity contribution < 1.29 is 18.3 Å². The summed E-state index contributed by atoms with van der Waals surface area (Å²) < 4.78 is 25.2. The Kier molecular flexibility index (Phi) is 3.07. The van der Waals surface area contributed by atoms with Crippen LogP contribution in [0.5, 0.6) is 0 Å². The average molecular weight is 333 g/mol. The van der Waals surface area contributed by atoms with E-state index in [2.05, 4.69) is 25.6 Å². The number of carbonyl (C=O) groups is 1. The summed E-state index contributed by atoms with van der Waals surface area (Å²) >= 11 is 3.23. The number of anilines is 1. The van der Waals surface area contributed by atoms with E-state index in [0.717, 1.165) is 6.26 Å². The van der Waals surface area contributed by atoms with Gasteiger partial charge in [0.1, 0.15) is 5.69 Å². The number of hydrogen-bond donors (Lipinski definition) is 3. The fourth-order valence-electron chi connectivity index (χ4n) is 1.55. The molecule has 0 unspecified atom stereocenters. The smallest absolute Gasteiger partial charge is 0.352 e. The Morgan fingerprint density at radius 2 is 2.06 bits per heavy atom. The molecule has 1 heterocycles. The molecule has 0 spiro atoms. The molecule has 0 bridgehead atoms. The maximum absolute atomic E-state index is 11.2. The largest absolute Gasteiger partial charge is 0.477 e. The highest BCUT2D eigenvalue weighted by molar-refractivity contribution is 9.10. The molecule has 0 radical (unpaired) electrons. The number of carboxylic acids is 1. The van der Waals surface area contributed by atoms with Gasteiger partial charge in [-0.3, -0.25) is 4.72 Å². The molecule has 0 amide bonds. The molecule has 0 fully saturated rings. The molecule has 0 aliphatic carbocycles. The lowest BCUT2D eigenvalue weighted by Gasteiger charge is -2.06. The fraction of sp³-hybridized carbons (Fsp3) is 0.100. The average Bonchev–Trinajstić information content (AvgIpc) is 2.59. The maximum atomic E-state index is 11.2. The molecule has 0 saturated heterocycles. The van der Waals surface area contributed by atoms with Crippen LogP contribution in [0.15, 0.2) is 22.7 Å². The van der Waals surface area contributed by atoms with Crippen LogP contribution in [-0.2, 0) is 10.0 Å². The van der Waals surface area contributed by atoms with Crippen molar-refractivity contribution in [2.24, 2.45) is 0 Å². The summed E-state index contributed by atoms with van der Waals surface area (Å²) in [5, 5.41) is 9.54. The van der Waals surface area contributed by atoms with Crippen molar-refractivity contribution in [1.29, 1.82) is 0 Å². The minimum atomic E-state index is -3.39. The van der Waals surface area contributed by atoms with Gasteiger partial charge >= 0.3 is 5.97 Å². The second-order valence-electron chi connectivity index (χ2n) is 3.78. The van der Waals surface area contributed by atoms with Crippen LogP contribution in [0.1, 0.15) is 10.5 Å². The molecule has 0 aliphatic heterocycles. The second kappa shape index (κ2) is 4.29. The normalized spacial score (nSPS) is 11.7. The highest BCUT2D eigenvalue weighted by Gasteiger charge is 2.12. The van der Waals surface area contributed by atoms with Gasteiger partial charge in [0.25, 0.3) is 0 Å². The molecule has 8 heteroatoms. The Hall–Kier alpha value is -1.54. The zero-order valence-corrected chi connectivity index (χ0v) is 11.6. The molecule has 0 aliphatic rings. The Morgan fingerprint density at radius 1 is 1.39 bits per heavy atom. The zero-order valence-electron chi connectivity index (χ0n) is 9.19. The number of hydrogen-bond acceptors (Lipinski definition) is 3. The van der Waals surface area contributed by atoms with Crippen LogP contribution in [0.25, 0.3) is 10.9 Å². The molecule has 6 nitrogen and oxygen atoms in total. The van der Waals surface area contributed by atoms with E-state index in [0.29, 0.717) is 21.1 Å². The first-order chi connectivity index (χ1) is 8.26. The number of aromatic amines is 1. The summed E-state index contributed by atoms with van der Waals surface area (Å²) in [5.41, 5.74) is 0.943. The molecular weight excluding hydrogens is 324 g/mol. The number of nitrogens with one attached hydrogen (secondary N) is 2. The lowest BCUT2D eigenvalue weighted by atomic mass is 10.2. The highest BCUT2D eigenvalue weighted by atomic mass is 79.9. The lowest BCUT2D eigenvalue weighted by Crippen LogP contribution is -2.09. The van der Waals surface area contributed by atoms with Crippen molar-refractivity contribution in [1.82, 2.24) is 4.98 Å². The molecule has 2 rings (SSSR count). The molecular formula is C10H9BrN2O4S. The van der Waals surface area contributed by atoms with Gasteiger partial charge in [-0.2, -0.15) is 0 Å².